The number of hydrogen-bond donors (Lipinski definition) is 5. The number of allylic oxidation sites excluding steroid dienone is 8. The number of ether oxygens (including phenoxy) is 2. The SMILES string of the molecule is C/C(=C\COPP)CC[C@@H]1[C@@]2(C)CCCC(C)(C)[C@@H]2CC[C@@]1(C)O.C=C[C@@](C)(O)CC[C@@H]1[C@@]2(C)CCCC(C)(C)[C@@H]2CC[C@@]1(C)O.CC(C)=CCC/C(C)=C/CC/C(C)=C/CC/C(C)=C/COPP.CC1(C)CCC[C@]2(C)[C@@H](CCO)[C@](C)(O)CC[C@@H]12.CC1(C)CCC[C@]2(C)[C@H]3CC(=O)O[C@]3(C)CC[C@@H]12.CC1(C)CCC[C@]2(C)[C@H]3CCO[C@]3(C)CC[C@@H]12.Cc1ccc(S(=O)(=O)Cl)cc1. The topological polar surface area (TPSA) is 189 Å². The molecule has 2 aliphatic heterocycles. The Balaban J connectivity index is 0.000000214. The molecule has 766 valence electrons. The van der Waals surface area contributed by atoms with Gasteiger partial charge >= 0.3 is 5.97 Å². The number of halogens is 1. The molecule has 10 aliphatic carbocycles. The smallest absolute Gasteiger partial charge is 0.306 e. The van der Waals surface area contributed by atoms with Crippen LogP contribution in [-0.2, 0) is 32.4 Å². The second kappa shape index (κ2) is 48.6. The van der Waals surface area contributed by atoms with Crippen LogP contribution in [0.3, 0.4) is 0 Å². The van der Waals surface area contributed by atoms with Gasteiger partial charge in [0.2, 0.25) is 0 Å². The maximum absolute atomic E-state index is 11.8. The van der Waals surface area contributed by atoms with Gasteiger partial charge in [-0.1, -0.05) is 236 Å². The average molecular weight is 1970 g/mol. The van der Waals surface area contributed by atoms with Gasteiger partial charge in [-0.05, 0) is 415 Å². The van der Waals surface area contributed by atoms with Gasteiger partial charge < -0.3 is 44.1 Å². The highest BCUT2D eigenvalue weighted by Gasteiger charge is 2.65. The Morgan fingerprint density at radius 1 is 0.466 bits per heavy atom. The van der Waals surface area contributed by atoms with Crippen molar-refractivity contribution >= 4 is 60.6 Å². The standard InChI is InChI=1S/C20H38O2P2.C20H36O2.C20H36OP2.C16H26O2.C16H30O2.C16H28O.C7H7ClO2S/c1-15(10-14-22-24-23)7-8-17-19(4)12-6-11-18(2,3)16(19)9-13-20(17,5)21;1-7-18(4,21)13-9-16-19(5)12-8-11-17(2,3)15(19)10-14-20(16,6)22;1-17(2)9-6-10-18(3)11-7-12-19(4)13-8-14-20(5)15-16-21-23-22;1-14(2)7-5-8-15(3)11(14)6-9-16(4)12(15)10-13(17)18-16;1-14(2)8-5-9-15(3)12(14)6-10-16(4,18)13(15)7-11-17;1-14(2)8-5-9-15(3)12(14)6-10-16(4)13(15)7-11-17-16;1-6-2-4-7(5-3-6)11(8,9)10/h10,16-17,21,24H,6-9,11-14,23H2,1-5H3;7,15-16,21-22H,1,8-14H2,2-6H3;9,11,13,15,23H,6-8,10,12,14,16,22H2,1-5H3;11-12H,5-10H2,1-4H3;12-13,17-18H,5-11H2,1-4H3;12-13H,5-11H2,1-4H3;2-5H,1H3/b15-10+;;18-11+,19-13+,20-15+;;;;/t16-,17+,19-,20+;15-,16+,18+,19-,20+;;11-,12+,15-,16+;2*12-,13+,15-,16+;/m00.000./s1. The molecular weight excluding hydrogens is 1760 g/mol. The largest absolute Gasteiger partial charge is 0.459 e. The molecule has 1 aromatic carbocycles. The number of aliphatic hydroxyl groups is 5. The lowest BCUT2D eigenvalue weighted by molar-refractivity contribution is -0.172. The molecule has 1 aromatic rings. The first-order chi connectivity index (χ1) is 61.4. The van der Waals surface area contributed by atoms with Crippen LogP contribution in [0.4, 0.5) is 0 Å². The number of rotatable bonds is 25. The van der Waals surface area contributed by atoms with Crippen molar-refractivity contribution in [2.75, 3.05) is 26.4 Å². The summed E-state index contributed by atoms with van der Waals surface area (Å²) in [6.45, 7) is 70.6. The van der Waals surface area contributed by atoms with Crippen LogP contribution >= 0.6 is 45.5 Å². The number of aryl methyl sites for hydroxylation is 1. The fraction of sp³-hybridized carbons (Fsp3) is 0.835. The van der Waals surface area contributed by atoms with Crippen LogP contribution in [0.2, 0.25) is 0 Å². The van der Waals surface area contributed by atoms with E-state index in [-0.39, 0.29) is 56.8 Å². The second-order valence-electron chi connectivity index (χ2n) is 51.3. The fourth-order valence-corrected chi connectivity index (χ4v) is 33.3. The van der Waals surface area contributed by atoms with E-state index in [0.717, 1.165) is 119 Å². The van der Waals surface area contributed by atoms with Crippen LogP contribution in [0.25, 0.3) is 0 Å². The number of benzene rings is 1. The molecule has 10 saturated carbocycles. The van der Waals surface area contributed by atoms with Crippen molar-refractivity contribution in [3.05, 3.63) is 101 Å². The van der Waals surface area contributed by atoms with Crippen molar-refractivity contribution < 1.29 is 57.3 Å². The summed E-state index contributed by atoms with van der Waals surface area (Å²) in [6.07, 6.45) is 57.4. The van der Waals surface area contributed by atoms with Crippen LogP contribution in [0, 0.1) is 120 Å². The first-order valence-electron chi connectivity index (χ1n) is 52.9. The van der Waals surface area contributed by atoms with Crippen molar-refractivity contribution in [3.63, 3.8) is 0 Å². The maximum atomic E-state index is 11.8. The summed E-state index contributed by atoms with van der Waals surface area (Å²) in [7, 11) is 7.74. The predicted octanol–water partition coefficient (Wildman–Crippen LogP) is 32.0. The molecule has 12 nitrogen and oxygen atoms in total. The van der Waals surface area contributed by atoms with Gasteiger partial charge in [-0.25, -0.2) is 8.42 Å². The molecule has 5 N–H and O–H groups in total. The molecule has 13 rings (SSSR count). The molecule has 2 heterocycles. The van der Waals surface area contributed by atoms with Crippen molar-refractivity contribution in [2.24, 2.45) is 113 Å². The Morgan fingerprint density at radius 2 is 0.805 bits per heavy atom. The van der Waals surface area contributed by atoms with Gasteiger partial charge in [0, 0.05) is 46.8 Å². The quantitative estimate of drug-likeness (QED) is 0.0205. The lowest BCUT2D eigenvalue weighted by atomic mass is 9.45. The molecule has 0 spiro atoms. The van der Waals surface area contributed by atoms with Gasteiger partial charge in [-0.15, -0.1) is 6.58 Å². The Kier molecular flexibility index (Phi) is 43.4. The zero-order chi connectivity index (χ0) is 99.9. The van der Waals surface area contributed by atoms with Crippen molar-refractivity contribution in [3.8, 4) is 0 Å². The van der Waals surface area contributed by atoms with Crippen LogP contribution in [0.15, 0.2) is 100 Å². The van der Waals surface area contributed by atoms with E-state index >= 15 is 0 Å². The molecule has 12 fully saturated rings. The normalized spacial score (nSPS) is 37.9. The molecular formula is C115H201ClO12P4S. The molecule has 0 radical (unpaired) electrons. The molecule has 18 heteroatoms. The van der Waals surface area contributed by atoms with Crippen molar-refractivity contribution in [1.29, 1.82) is 0 Å². The summed E-state index contributed by atoms with van der Waals surface area (Å²) in [5, 5.41) is 52.7. The van der Waals surface area contributed by atoms with E-state index in [0.29, 0.717) is 98.0 Å². The Labute approximate surface area is 829 Å². The highest BCUT2D eigenvalue weighted by atomic mass is 35.7. The number of hydrogen-bond acceptors (Lipinski definition) is 12. The third-order valence-electron chi connectivity index (χ3n) is 38.6. The Hall–Kier alpha value is -1.23. The van der Waals surface area contributed by atoms with Gasteiger partial charge in [0.15, 0.2) is 0 Å². The van der Waals surface area contributed by atoms with Gasteiger partial charge in [-0.3, -0.25) is 4.79 Å². The van der Waals surface area contributed by atoms with E-state index < -0.39 is 31.5 Å². The molecule has 12 aliphatic rings. The monoisotopic (exact) mass is 1970 g/mol. The zero-order valence-electron chi connectivity index (χ0n) is 90.0. The van der Waals surface area contributed by atoms with Gasteiger partial charge in [-0.2, -0.15) is 0 Å². The minimum atomic E-state index is -3.55. The lowest BCUT2D eigenvalue weighted by Gasteiger charge is -2.61. The summed E-state index contributed by atoms with van der Waals surface area (Å²) in [4.78, 5) is 11.9. The van der Waals surface area contributed by atoms with Crippen molar-refractivity contribution in [2.45, 2.75) is 476 Å². The van der Waals surface area contributed by atoms with E-state index in [1.165, 1.54) is 194 Å². The highest BCUT2D eigenvalue weighted by Crippen LogP contribution is 2.70. The van der Waals surface area contributed by atoms with Crippen LogP contribution in [0.5, 0.6) is 0 Å². The molecule has 133 heavy (non-hydrogen) atoms. The summed E-state index contributed by atoms with van der Waals surface area (Å²) in [5.74, 6) is 5.97. The van der Waals surface area contributed by atoms with E-state index in [2.05, 4.69) is 221 Å². The average Bonchev–Trinajstić information content (AvgIpc) is 1.56. The van der Waals surface area contributed by atoms with E-state index in [4.69, 9.17) is 29.2 Å². The number of esters is 1. The maximum Gasteiger partial charge on any atom is 0.306 e. The van der Waals surface area contributed by atoms with E-state index in [1.54, 1.807) is 18.2 Å². The lowest BCUT2D eigenvalue weighted by Crippen LogP contribution is -2.57. The minimum absolute atomic E-state index is 0.0350. The van der Waals surface area contributed by atoms with Crippen LogP contribution < -0.4 is 0 Å². The van der Waals surface area contributed by atoms with Crippen LogP contribution in [-0.4, -0.2) is 100.0 Å². The Bertz CT molecular complexity index is 4130. The number of aliphatic hydroxyl groups excluding tert-OH is 1. The molecule has 4 unspecified atom stereocenters. The first kappa shape index (κ1) is 119. The number of fused-ring (bicyclic) bond motifs is 9. The summed E-state index contributed by atoms with van der Waals surface area (Å²) >= 11 is 0. The van der Waals surface area contributed by atoms with E-state index in [1.807, 2.05) is 27.7 Å². The second-order valence-corrected chi connectivity index (χ2v) is 56.4. The highest BCUT2D eigenvalue weighted by molar-refractivity contribution is 8.13. The summed E-state index contributed by atoms with van der Waals surface area (Å²) in [5.41, 5.74) is 9.42. The number of carbonyl (C=O) groups excluding carboxylic acids is 1. The third-order valence-corrected chi connectivity index (χ3v) is 41.6. The number of carbonyl (C=O) groups is 1. The summed E-state index contributed by atoms with van der Waals surface area (Å²) in [6, 6.07) is 6.37. The molecule has 0 amide bonds. The molecule has 2 saturated heterocycles. The fourth-order valence-electron chi connectivity index (χ4n) is 31.6. The van der Waals surface area contributed by atoms with E-state index in [9.17, 15) is 38.7 Å². The zero-order valence-corrected chi connectivity index (χ0v) is 95.9. The van der Waals surface area contributed by atoms with Gasteiger partial charge in [0.1, 0.15) is 5.60 Å². The van der Waals surface area contributed by atoms with Gasteiger partial charge in [0.25, 0.3) is 9.05 Å². The van der Waals surface area contributed by atoms with Crippen LogP contribution in [0.1, 0.15) is 436 Å². The molecule has 25 atom stereocenters. The Morgan fingerprint density at radius 3 is 1.18 bits per heavy atom. The predicted molar refractivity (Wildman–Crippen MR) is 575 cm³/mol. The molecule has 0 bridgehead atoms. The minimum Gasteiger partial charge on any atom is -0.459 e. The summed E-state index contributed by atoms with van der Waals surface area (Å²) < 4.78 is 44.0. The molecule has 0 aromatic heterocycles. The third kappa shape index (κ3) is 30.7. The van der Waals surface area contributed by atoms with Crippen molar-refractivity contribution in [1.82, 2.24) is 0 Å². The van der Waals surface area contributed by atoms with Gasteiger partial charge in [0.05, 0.1) is 52.5 Å². The first-order valence-corrected chi connectivity index (χ1v) is 60.6.